The number of benzene rings is 2. The third-order valence-electron chi connectivity index (χ3n) is 6.44. The van der Waals surface area contributed by atoms with Gasteiger partial charge >= 0.3 is 0 Å². The van der Waals surface area contributed by atoms with Crippen molar-refractivity contribution in [2.45, 2.75) is 71.1 Å². The van der Waals surface area contributed by atoms with Crippen LogP contribution in [0.3, 0.4) is 0 Å². The molecule has 0 unspecified atom stereocenters. The highest BCUT2D eigenvalue weighted by atomic mass is 19.1. The number of aryl methyl sites for hydroxylation is 2. The monoisotopic (exact) mass is 378 g/mol. The fourth-order valence-corrected chi connectivity index (χ4v) is 4.66. The van der Waals surface area contributed by atoms with Crippen molar-refractivity contribution in [1.29, 1.82) is 0 Å². The van der Waals surface area contributed by atoms with Crippen LogP contribution < -0.4 is 0 Å². The van der Waals surface area contributed by atoms with Crippen LogP contribution in [0.4, 0.5) is 4.39 Å². The van der Waals surface area contributed by atoms with Crippen LogP contribution in [0, 0.1) is 17.7 Å². The Bertz CT molecular complexity index is 735. The summed E-state index contributed by atoms with van der Waals surface area (Å²) in [5.41, 5.74) is 4.08. The normalized spacial score (nSPS) is 19.5. The highest BCUT2D eigenvalue weighted by Crippen LogP contribution is 2.34. The van der Waals surface area contributed by atoms with Crippen LogP contribution in [0.2, 0.25) is 0 Å². The largest absolute Gasteiger partial charge is 0.206 e. The molecule has 0 saturated heterocycles. The minimum atomic E-state index is -0.0944. The quantitative estimate of drug-likeness (QED) is 0.386. The van der Waals surface area contributed by atoms with Crippen LogP contribution in [0.1, 0.15) is 69.4 Å². The summed E-state index contributed by atoms with van der Waals surface area (Å²) in [4.78, 5) is 0. The molecule has 0 radical (unpaired) electrons. The van der Waals surface area contributed by atoms with Gasteiger partial charge < -0.3 is 0 Å². The first kappa shape index (κ1) is 20.8. The van der Waals surface area contributed by atoms with Crippen molar-refractivity contribution in [2.75, 3.05) is 0 Å². The molecule has 0 nitrogen and oxygen atoms in total. The van der Waals surface area contributed by atoms with Crippen LogP contribution >= 0.6 is 0 Å². The first-order valence-electron chi connectivity index (χ1n) is 11.2. The summed E-state index contributed by atoms with van der Waals surface area (Å²) < 4.78 is 14.7. The van der Waals surface area contributed by atoms with E-state index in [-0.39, 0.29) is 5.82 Å². The highest BCUT2D eigenvalue weighted by molar-refractivity contribution is 5.64. The van der Waals surface area contributed by atoms with Crippen molar-refractivity contribution >= 4 is 0 Å². The molecule has 150 valence electrons. The van der Waals surface area contributed by atoms with E-state index in [4.69, 9.17) is 0 Å². The minimum absolute atomic E-state index is 0.0944. The van der Waals surface area contributed by atoms with Gasteiger partial charge in [-0.25, -0.2) is 4.39 Å². The molecule has 1 saturated carbocycles. The maximum Gasteiger partial charge on any atom is 0.131 e. The topological polar surface area (TPSA) is 0 Å². The molecule has 0 aliphatic heterocycles. The second-order valence-electron chi connectivity index (χ2n) is 8.55. The minimum Gasteiger partial charge on any atom is -0.206 e. The van der Waals surface area contributed by atoms with Gasteiger partial charge in [-0.15, -0.1) is 6.58 Å². The fourth-order valence-electron chi connectivity index (χ4n) is 4.66. The molecule has 0 aromatic heterocycles. The van der Waals surface area contributed by atoms with Crippen molar-refractivity contribution in [3.05, 3.63) is 72.1 Å². The zero-order valence-corrected chi connectivity index (χ0v) is 17.4. The average Bonchev–Trinajstić information content (AvgIpc) is 2.72. The molecule has 28 heavy (non-hydrogen) atoms. The summed E-state index contributed by atoms with van der Waals surface area (Å²) in [5, 5.41) is 0. The lowest BCUT2D eigenvalue weighted by molar-refractivity contribution is 0.252. The first-order chi connectivity index (χ1) is 13.7. The molecule has 0 N–H and O–H groups in total. The number of hydrogen-bond donors (Lipinski definition) is 0. The van der Waals surface area contributed by atoms with E-state index in [9.17, 15) is 4.39 Å². The van der Waals surface area contributed by atoms with E-state index in [2.05, 4.69) is 31.7 Å². The van der Waals surface area contributed by atoms with Gasteiger partial charge in [-0.05, 0) is 60.3 Å². The Hall–Kier alpha value is -1.89. The van der Waals surface area contributed by atoms with E-state index in [0.717, 1.165) is 42.2 Å². The van der Waals surface area contributed by atoms with Gasteiger partial charge in [-0.1, -0.05) is 87.9 Å². The molecule has 1 heteroatoms. The Morgan fingerprint density at radius 2 is 1.54 bits per heavy atom. The zero-order valence-electron chi connectivity index (χ0n) is 17.4. The van der Waals surface area contributed by atoms with Gasteiger partial charge in [-0.3, -0.25) is 0 Å². The molecule has 1 fully saturated rings. The number of hydrogen-bond acceptors (Lipinski definition) is 0. The Balaban J connectivity index is 1.54. The van der Waals surface area contributed by atoms with Gasteiger partial charge in [0.05, 0.1) is 0 Å². The third-order valence-corrected chi connectivity index (χ3v) is 6.44. The lowest BCUT2D eigenvalue weighted by atomic mass is 9.78. The first-order valence-corrected chi connectivity index (χ1v) is 11.2. The Labute approximate surface area is 170 Å². The van der Waals surface area contributed by atoms with Crippen LogP contribution in [-0.2, 0) is 12.8 Å². The van der Waals surface area contributed by atoms with Gasteiger partial charge in [-0.2, -0.15) is 0 Å². The van der Waals surface area contributed by atoms with E-state index >= 15 is 0 Å². The van der Waals surface area contributed by atoms with Crippen LogP contribution in [0.25, 0.3) is 11.1 Å². The Kier molecular flexibility index (Phi) is 7.89. The fraction of sp³-hybridized carbons (Fsp3) is 0.481. The van der Waals surface area contributed by atoms with Gasteiger partial charge in [0.25, 0.3) is 0 Å². The number of halogens is 1. The van der Waals surface area contributed by atoms with E-state index in [1.54, 1.807) is 6.07 Å². The van der Waals surface area contributed by atoms with Crippen molar-refractivity contribution in [2.24, 2.45) is 11.8 Å². The lowest BCUT2D eigenvalue weighted by Gasteiger charge is -2.28. The van der Waals surface area contributed by atoms with Crippen LogP contribution in [-0.4, -0.2) is 0 Å². The van der Waals surface area contributed by atoms with Crippen molar-refractivity contribution in [3.8, 4) is 11.1 Å². The van der Waals surface area contributed by atoms with Crippen molar-refractivity contribution < 1.29 is 4.39 Å². The summed E-state index contributed by atoms with van der Waals surface area (Å²) in [6, 6.07) is 14.1. The molecular weight excluding hydrogens is 343 g/mol. The van der Waals surface area contributed by atoms with Crippen LogP contribution in [0.5, 0.6) is 0 Å². The molecular formula is C27H35F. The van der Waals surface area contributed by atoms with E-state index in [1.807, 2.05) is 24.3 Å². The van der Waals surface area contributed by atoms with Crippen LogP contribution in [0.15, 0.2) is 55.1 Å². The average molecular weight is 379 g/mol. The summed E-state index contributed by atoms with van der Waals surface area (Å²) in [6.07, 6.45) is 14.3. The number of rotatable bonds is 9. The van der Waals surface area contributed by atoms with Crippen molar-refractivity contribution in [3.63, 3.8) is 0 Å². The third kappa shape index (κ3) is 5.80. The smallest absolute Gasteiger partial charge is 0.131 e. The number of allylic oxidation sites excluding steroid dienone is 1. The Morgan fingerprint density at radius 1 is 0.893 bits per heavy atom. The van der Waals surface area contributed by atoms with E-state index in [1.165, 1.54) is 50.5 Å². The lowest BCUT2D eigenvalue weighted by Crippen LogP contribution is -2.15. The SMILES string of the molecule is C=CCCc1ccc(-c2ccc(CCC3CCC(CCC)CC3)cc2F)cc1. The molecule has 1 aliphatic carbocycles. The molecule has 2 aromatic carbocycles. The van der Waals surface area contributed by atoms with E-state index in [0.29, 0.717) is 5.56 Å². The molecule has 2 aromatic rings. The Morgan fingerprint density at radius 3 is 2.14 bits per heavy atom. The second-order valence-corrected chi connectivity index (χ2v) is 8.55. The summed E-state index contributed by atoms with van der Waals surface area (Å²) in [5.74, 6) is 1.70. The predicted octanol–water partition coefficient (Wildman–Crippen LogP) is 8.15. The molecule has 0 heterocycles. The molecule has 3 rings (SSSR count). The van der Waals surface area contributed by atoms with Gasteiger partial charge in [0.15, 0.2) is 0 Å². The summed E-state index contributed by atoms with van der Waals surface area (Å²) in [7, 11) is 0. The molecule has 0 amide bonds. The molecule has 0 bridgehead atoms. The summed E-state index contributed by atoms with van der Waals surface area (Å²) in [6.45, 7) is 6.06. The van der Waals surface area contributed by atoms with Gasteiger partial charge in [0, 0.05) is 5.56 Å². The highest BCUT2D eigenvalue weighted by Gasteiger charge is 2.20. The second kappa shape index (κ2) is 10.6. The zero-order chi connectivity index (χ0) is 19.8. The predicted molar refractivity (Wildman–Crippen MR) is 119 cm³/mol. The maximum absolute atomic E-state index is 14.7. The molecule has 0 spiro atoms. The van der Waals surface area contributed by atoms with E-state index < -0.39 is 0 Å². The standard InChI is InChI=1S/C27H35F/c1-3-5-7-22-14-17-25(18-15-22)26-19-16-24(20-27(26)28)13-12-23-10-8-21(6-4-2)9-11-23/h3,14-21,23H,1,4-13H2,2H3. The summed E-state index contributed by atoms with van der Waals surface area (Å²) >= 11 is 0. The molecule has 0 atom stereocenters. The molecule has 1 aliphatic rings. The van der Waals surface area contributed by atoms with Gasteiger partial charge in [0.2, 0.25) is 0 Å². The van der Waals surface area contributed by atoms with Crippen molar-refractivity contribution in [1.82, 2.24) is 0 Å². The maximum atomic E-state index is 14.7. The van der Waals surface area contributed by atoms with Gasteiger partial charge in [0.1, 0.15) is 5.82 Å².